The standard InChI is InChI=1S/C12H19N5OS.C4H4O4/c1-2-15-12(14)17-10-6-3-7-11(16-10)19-8-4-5-9(13)18;5-3(6)1-2-4(7)8/h3,6-7H,2,4-5,8H2,1H3,(H2,13,18)(H3,14,15,16,17);1-2H,(H,5,6)(H,7,8). The fourth-order valence-electron chi connectivity index (χ4n) is 1.47. The molecule has 0 aliphatic rings. The van der Waals surface area contributed by atoms with Gasteiger partial charge in [0, 0.05) is 25.1 Å². The maximum absolute atomic E-state index is 10.6. The predicted octanol–water partition coefficient (Wildman–Crippen LogP) is 0.898. The average Bonchev–Trinajstić information content (AvgIpc) is 2.58. The monoisotopic (exact) mass is 397 g/mol. The van der Waals surface area contributed by atoms with Crippen LogP contribution >= 0.6 is 11.8 Å². The van der Waals surface area contributed by atoms with Gasteiger partial charge in [0.1, 0.15) is 5.82 Å². The number of nitrogens with one attached hydrogen (secondary N) is 1. The molecule has 1 aromatic heterocycles. The Balaban J connectivity index is 0.000000713. The van der Waals surface area contributed by atoms with Crippen molar-refractivity contribution in [2.75, 3.05) is 17.6 Å². The Labute approximate surface area is 160 Å². The van der Waals surface area contributed by atoms with Crippen molar-refractivity contribution in [3.05, 3.63) is 30.4 Å². The van der Waals surface area contributed by atoms with Gasteiger partial charge in [0.2, 0.25) is 5.91 Å². The molecule has 0 aliphatic carbocycles. The number of guanidine groups is 1. The Kier molecular flexibility index (Phi) is 12.5. The van der Waals surface area contributed by atoms with E-state index in [0.717, 1.165) is 17.2 Å². The molecule has 10 nitrogen and oxygen atoms in total. The van der Waals surface area contributed by atoms with Crippen LogP contribution in [0.2, 0.25) is 0 Å². The van der Waals surface area contributed by atoms with Crippen LogP contribution in [0.1, 0.15) is 19.8 Å². The number of hydrogen-bond donors (Lipinski definition) is 5. The minimum absolute atomic E-state index is 0.271. The fraction of sp³-hybridized carbons (Fsp3) is 0.312. The molecule has 0 saturated heterocycles. The molecule has 11 heteroatoms. The van der Waals surface area contributed by atoms with Crippen molar-refractivity contribution in [1.82, 2.24) is 4.98 Å². The first-order valence-corrected chi connectivity index (χ1v) is 8.82. The number of thioether (sulfide) groups is 1. The summed E-state index contributed by atoms with van der Waals surface area (Å²) in [7, 11) is 0. The summed E-state index contributed by atoms with van der Waals surface area (Å²) in [6.45, 7) is 2.54. The molecule has 1 rings (SSSR count). The largest absolute Gasteiger partial charge is 0.478 e. The van der Waals surface area contributed by atoms with Gasteiger partial charge in [-0.25, -0.2) is 14.6 Å². The number of aromatic nitrogens is 1. The maximum atomic E-state index is 10.6. The van der Waals surface area contributed by atoms with Crippen LogP contribution in [0, 0.1) is 0 Å². The van der Waals surface area contributed by atoms with Crippen LogP contribution < -0.4 is 16.8 Å². The first kappa shape index (κ1) is 23.9. The SMILES string of the molecule is CCN=C(N)Nc1cccc(SCCCC(N)=O)n1.O=C(O)C=CC(=O)O. The van der Waals surface area contributed by atoms with Crippen molar-refractivity contribution in [1.29, 1.82) is 0 Å². The molecule has 0 atom stereocenters. The Morgan fingerprint density at radius 2 is 1.85 bits per heavy atom. The second-order valence-corrected chi connectivity index (χ2v) is 5.89. The molecule has 1 amide bonds. The molecule has 27 heavy (non-hydrogen) atoms. The second kappa shape index (κ2) is 14.1. The summed E-state index contributed by atoms with van der Waals surface area (Å²) in [6, 6.07) is 5.63. The van der Waals surface area contributed by atoms with Gasteiger partial charge in [-0.05, 0) is 31.2 Å². The van der Waals surface area contributed by atoms with Crippen molar-refractivity contribution in [2.24, 2.45) is 16.5 Å². The number of rotatable bonds is 9. The zero-order chi connectivity index (χ0) is 20.7. The molecule has 148 valence electrons. The third kappa shape index (κ3) is 14.9. The van der Waals surface area contributed by atoms with Crippen LogP contribution in [-0.2, 0) is 14.4 Å². The van der Waals surface area contributed by atoms with Crippen LogP contribution in [0.4, 0.5) is 5.82 Å². The number of carboxylic acid groups (broad SMARTS) is 2. The minimum Gasteiger partial charge on any atom is -0.478 e. The van der Waals surface area contributed by atoms with E-state index in [4.69, 9.17) is 21.7 Å². The van der Waals surface area contributed by atoms with Crippen molar-refractivity contribution < 1.29 is 24.6 Å². The lowest BCUT2D eigenvalue weighted by atomic mass is 10.3. The number of hydrogen-bond acceptors (Lipinski definition) is 6. The first-order valence-electron chi connectivity index (χ1n) is 7.83. The third-order valence-corrected chi connectivity index (χ3v) is 3.51. The van der Waals surface area contributed by atoms with Crippen LogP contribution in [-0.4, -0.2) is 51.3 Å². The Bertz CT molecular complexity index is 678. The van der Waals surface area contributed by atoms with Gasteiger partial charge in [0.15, 0.2) is 5.96 Å². The van der Waals surface area contributed by atoms with Crippen molar-refractivity contribution in [3.8, 4) is 0 Å². The van der Waals surface area contributed by atoms with Gasteiger partial charge < -0.3 is 27.0 Å². The van der Waals surface area contributed by atoms with E-state index in [2.05, 4.69) is 15.3 Å². The highest BCUT2D eigenvalue weighted by Gasteiger charge is 2.01. The number of aliphatic carboxylic acids is 2. The van der Waals surface area contributed by atoms with E-state index in [1.54, 1.807) is 11.8 Å². The molecule has 0 radical (unpaired) electrons. The Hall–Kier alpha value is -3.08. The zero-order valence-electron chi connectivity index (χ0n) is 14.8. The number of carbonyl (C=O) groups is 3. The summed E-state index contributed by atoms with van der Waals surface area (Å²) in [6.07, 6.45) is 2.27. The summed E-state index contributed by atoms with van der Waals surface area (Å²) < 4.78 is 0. The number of nitrogens with two attached hydrogens (primary N) is 2. The van der Waals surface area contributed by atoms with Gasteiger partial charge >= 0.3 is 11.9 Å². The molecule has 0 aromatic carbocycles. The number of amides is 1. The summed E-state index contributed by atoms with van der Waals surface area (Å²) in [5.74, 6) is -0.967. The number of pyridine rings is 1. The molecule has 7 N–H and O–H groups in total. The van der Waals surface area contributed by atoms with E-state index in [1.165, 1.54) is 0 Å². The predicted molar refractivity (Wildman–Crippen MR) is 104 cm³/mol. The van der Waals surface area contributed by atoms with Gasteiger partial charge in [-0.1, -0.05) is 6.07 Å². The summed E-state index contributed by atoms with van der Waals surface area (Å²) in [5, 5.41) is 19.4. The number of carbonyl (C=O) groups excluding carboxylic acids is 1. The van der Waals surface area contributed by atoms with E-state index in [1.807, 2.05) is 25.1 Å². The normalized spacial score (nSPS) is 10.8. The molecule has 0 spiro atoms. The van der Waals surface area contributed by atoms with Gasteiger partial charge in [0.25, 0.3) is 0 Å². The quantitative estimate of drug-likeness (QED) is 0.133. The average molecular weight is 397 g/mol. The number of aliphatic imine (C=N–C) groups is 1. The molecule has 0 unspecified atom stereocenters. The summed E-state index contributed by atoms with van der Waals surface area (Å²) in [4.78, 5) is 38.1. The molecule has 0 bridgehead atoms. The lowest BCUT2D eigenvalue weighted by Crippen LogP contribution is -2.23. The van der Waals surface area contributed by atoms with Gasteiger partial charge in [-0.2, -0.15) is 0 Å². The number of primary amides is 1. The number of anilines is 1. The minimum atomic E-state index is -1.26. The Morgan fingerprint density at radius 3 is 2.37 bits per heavy atom. The third-order valence-electron chi connectivity index (χ3n) is 2.49. The summed E-state index contributed by atoms with van der Waals surface area (Å²) in [5.41, 5.74) is 10.7. The maximum Gasteiger partial charge on any atom is 0.328 e. The number of nitrogens with zero attached hydrogens (tertiary/aromatic N) is 2. The van der Waals surface area contributed by atoms with E-state index < -0.39 is 11.9 Å². The van der Waals surface area contributed by atoms with Crippen LogP contribution in [0.3, 0.4) is 0 Å². The molecular formula is C16H23N5O5S. The van der Waals surface area contributed by atoms with Crippen LogP contribution in [0.5, 0.6) is 0 Å². The van der Waals surface area contributed by atoms with Crippen molar-refractivity contribution in [2.45, 2.75) is 24.8 Å². The Morgan fingerprint density at radius 1 is 1.22 bits per heavy atom. The van der Waals surface area contributed by atoms with Crippen LogP contribution in [0.25, 0.3) is 0 Å². The van der Waals surface area contributed by atoms with Crippen molar-refractivity contribution in [3.63, 3.8) is 0 Å². The van der Waals surface area contributed by atoms with E-state index in [-0.39, 0.29) is 5.91 Å². The summed E-state index contributed by atoms with van der Waals surface area (Å²) >= 11 is 1.58. The molecular weight excluding hydrogens is 374 g/mol. The molecule has 1 heterocycles. The lowest BCUT2D eigenvalue weighted by molar-refractivity contribution is -0.134. The molecule has 0 fully saturated rings. The highest BCUT2D eigenvalue weighted by Crippen LogP contribution is 2.18. The molecule has 0 saturated carbocycles. The number of carboxylic acids is 2. The molecule has 0 aliphatic heterocycles. The van der Waals surface area contributed by atoms with Gasteiger partial charge in [-0.3, -0.25) is 9.79 Å². The highest BCUT2D eigenvalue weighted by atomic mass is 32.2. The van der Waals surface area contributed by atoms with Gasteiger partial charge in [0.05, 0.1) is 5.03 Å². The molecule has 1 aromatic rings. The fourth-order valence-corrected chi connectivity index (χ4v) is 2.31. The van der Waals surface area contributed by atoms with Gasteiger partial charge in [-0.15, -0.1) is 11.8 Å². The smallest absolute Gasteiger partial charge is 0.328 e. The zero-order valence-corrected chi connectivity index (χ0v) is 15.6. The van der Waals surface area contributed by atoms with Crippen molar-refractivity contribution >= 4 is 41.4 Å². The van der Waals surface area contributed by atoms with E-state index in [9.17, 15) is 14.4 Å². The van der Waals surface area contributed by atoms with E-state index >= 15 is 0 Å². The highest BCUT2D eigenvalue weighted by molar-refractivity contribution is 7.99. The van der Waals surface area contributed by atoms with Crippen LogP contribution in [0.15, 0.2) is 40.4 Å². The second-order valence-electron chi connectivity index (χ2n) is 4.77. The lowest BCUT2D eigenvalue weighted by Gasteiger charge is -2.06. The first-order chi connectivity index (χ1) is 12.7. The topological polar surface area (TPSA) is 181 Å². The van der Waals surface area contributed by atoms with E-state index in [0.29, 0.717) is 36.9 Å².